The molecule has 0 fully saturated rings. The van der Waals surface area contributed by atoms with E-state index in [4.69, 9.17) is 4.74 Å². The largest absolute Gasteiger partial charge is 0.465 e. The fraction of sp³-hybridized carbons (Fsp3) is 0.263. The van der Waals surface area contributed by atoms with Gasteiger partial charge < -0.3 is 15.0 Å². The van der Waals surface area contributed by atoms with E-state index >= 15 is 0 Å². The van der Waals surface area contributed by atoms with Crippen molar-refractivity contribution in [3.63, 3.8) is 0 Å². The molecule has 5 nitrogen and oxygen atoms in total. The van der Waals surface area contributed by atoms with E-state index in [2.05, 4.69) is 21.2 Å². The molecule has 0 aliphatic rings. The first-order valence-electron chi connectivity index (χ1n) is 7.93. The zero-order chi connectivity index (χ0) is 18.4. The number of hydrogen-bond acceptors (Lipinski definition) is 3. The van der Waals surface area contributed by atoms with E-state index in [0.29, 0.717) is 17.8 Å². The molecule has 1 amide bonds. The maximum Gasteiger partial charge on any atom is 0.337 e. The number of carbonyl (C=O) groups excluding carboxylic acids is 2. The van der Waals surface area contributed by atoms with E-state index < -0.39 is 5.97 Å². The molecule has 0 saturated carbocycles. The molecular weight excluding hydrogens is 384 g/mol. The van der Waals surface area contributed by atoms with Crippen molar-refractivity contribution in [3.05, 3.63) is 63.6 Å². The van der Waals surface area contributed by atoms with E-state index in [9.17, 15) is 9.59 Å². The van der Waals surface area contributed by atoms with Gasteiger partial charge in [0.2, 0.25) is 0 Å². The molecule has 1 atom stereocenters. The molecule has 1 unspecified atom stereocenters. The van der Waals surface area contributed by atoms with Gasteiger partial charge in [-0.1, -0.05) is 34.1 Å². The maximum atomic E-state index is 12.3. The second-order valence-electron chi connectivity index (χ2n) is 6.01. The number of esters is 1. The van der Waals surface area contributed by atoms with Crippen LogP contribution in [0.4, 0.5) is 5.69 Å². The lowest BCUT2D eigenvalue weighted by Gasteiger charge is -2.15. The lowest BCUT2D eigenvalue weighted by molar-refractivity contribution is -0.885. The number of amides is 1. The minimum Gasteiger partial charge on any atom is -0.465 e. The molecule has 2 aromatic carbocycles. The number of hydrogen-bond donors (Lipinski definition) is 2. The Morgan fingerprint density at radius 2 is 1.84 bits per heavy atom. The van der Waals surface area contributed by atoms with Gasteiger partial charge in [-0.3, -0.25) is 4.79 Å². The van der Waals surface area contributed by atoms with Crippen molar-refractivity contribution in [1.29, 1.82) is 0 Å². The first kappa shape index (κ1) is 19.1. The van der Waals surface area contributed by atoms with Crippen LogP contribution in [-0.4, -0.2) is 32.6 Å². The Balaban J connectivity index is 1.97. The van der Waals surface area contributed by atoms with Gasteiger partial charge in [0.05, 0.1) is 19.7 Å². The fourth-order valence-electron chi connectivity index (χ4n) is 2.48. The van der Waals surface area contributed by atoms with Gasteiger partial charge in [0, 0.05) is 15.7 Å². The number of anilines is 1. The lowest BCUT2D eigenvalue weighted by atomic mass is 10.1. The van der Waals surface area contributed by atoms with Crippen LogP contribution >= 0.6 is 15.9 Å². The van der Waals surface area contributed by atoms with Crippen LogP contribution in [0.5, 0.6) is 0 Å². The molecule has 0 aliphatic carbocycles. The third-order valence-electron chi connectivity index (χ3n) is 3.81. The van der Waals surface area contributed by atoms with Gasteiger partial charge in [-0.05, 0) is 36.8 Å². The SMILES string of the molecule is COC(=O)c1ccc(C)c(NC(=O)C[NH+](C)Cc2ccc(Br)cc2)c1. The number of carbonyl (C=O) groups is 2. The zero-order valence-corrected chi connectivity index (χ0v) is 16.1. The van der Waals surface area contributed by atoms with Gasteiger partial charge in [0.25, 0.3) is 5.91 Å². The van der Waals surface area contributed by atoms with Crippen molar-refractivity contribution in [3.8, 4) is 0 Å². The van der Waals surface area contributed by atoms with E-state index in [1.54, 1.807) is 18.2 Å². The molecule has 0 saturated heterocycles. The number of benzene rings is 2. The molecule has 0 heterocycles. The smallest absolute Gasteiger partial charge is 0.337 e. The average Bonchev–Trinajstić information content (AvgIpc) is 2.58. The summed E-state index contributed by atoms with van der Waals surface area (Å²) in [6, 6.07) is 13.2. The Morgan fingerprint density at radius 1 is 1.16 bits per heavy atom. The zero-order valence-electron chi connectivity index (χ0n) is 14.6. The van der Waals surface area contributed by atoms with Crippen molar-refractivity contribution in [2.24, 2.45) is 0 Å². The van der Waals surface area contributed by atoms with Gasteiger partial charge in [0.1, 0.15) is 6.54 Å². The lowest BCUT2D eigenvalue weighted by Crippen LogP contribution is -3.08. The molecule has 25 heavy (non-hydrogen) atoms. The van der Waals surface area contributed by atoms with Crippen LogP contribution in [0.2, 0.25) is 0 Å². The molecular formula is C19H22BrN2O3+. The van der Waals surface area contributed by atoms with Gasteiger partial charge in [-0.2, -0.15) is 0 Å². The highest BCUT2D eigenvalue weighted by atomic mass is 79.9. The second kappa shape index (κ2) is 8.78. The highest BCUT2D eigenvalue weighted by Crippen LogP contribution is 2.17. The number of aryl methyl sites for hydroxylation is 1. The number of ether oxygens (including phenoxy) is 1. The standard InChI is InChI=1S/C19H21BrN2O3/c1-13-4-7-15(19(24)25-3)10-17(13)21-18(23)12-22(2)11-14-5-8-16(20)9-6-14/h4-10H,11-12H2,1-3H3,(H,21,23)/p+1. The van der Waals surface area contributed by atoms with Gasteiger partial charge in [-0.15, -0.1) is 0 Å². The van der Waals surface area contributed by atoms with E-state index in [-0.39, 0.29) is 5.91 Å². The van der Waals surface area contributed by atoms with Crippen LogP contribution in [0, 0.1) is 6.92 Å². The van der Waals surface area contributed by atoms with Crippen molar-refractivity contribution in [2.45, 2.75) is 13.5 Å². The third kappa shape index (κ3) is 5.69. The predicted molar refractivity (Wildman–Crippen MR) is 101 cm³/mol. The number of likely N-dealkylation sites (N-methyl/N-ethyl adjacent to an activating group) is 1. The van der Waals surface area contributed by atoms with Crippen LogP contribution in [0.1, 0.15) is 21.5 Å². The Labute approximate surface area is 156 Å². The summed E-state index contributed by atoms with van der Waals surface area (Å²) in [4.78, 5) is 25.0. The molecule has 6 heteroatoms. The fourth-order valence-corrected chi connectivity index (χ4v) is 2.75. The Hall–Kier alpha value is -2.18. The molecule has 0 aliphatic heterocycles. The van der Waals surface area contributed by atoms with Crippen LogP contribution in [0.15, 0.2) is 46.9 Å². The summed E-state index contributed by atoms with van der Waals surface area (Å²) in [6.07, 6.45) is 0. The Bertz CT molecular complexity index is 760. The molecule has 132 valence electrons. The van der Waals surface area contributed by atoms with Gasteiger partial charge >= 0.3 is 5.97 Å². The summed E-state index contributed by atoms with van der Waals surface area (Å²) in [5, 5.41) is 2.88. The van der Waals surface area contributed by atoms with Gasteiger partial charge in [0.15, 0.2) is 6.54 Å². The van der Waals surface area contributed by atoms with Crippen LogP contribution in [-0.2, 0) is 16.1 Å². The average molecular weight is 406 g/mol. The quantitative estimate of drug-likeness (QED) is 0.724. The molecule has 2 aromatic rings. The minimum absolute atomic E-state index is 0.0975. The Kier molecular flexibility index (Phi) is 6.73. The summed E-state index contributed by atoms with van der Waals surface area (Å²) in [6.45, 7) is 2.97. The van der Waals surface area contributed by atoms with Crippen molar-refractivity contribution < 1.29 is 19.2 Å². The molecule has 2 rings (SSSR count). The van der Waals surface area contributed by atoms with Crippen LogP contribution < -0.4 is 10.2 Å². The molecule has 0 bridgehead atoms. The summed E-state index contributed by atoms with van der Waals surface area (Å²) in [5.74, 6) is -0.520. The first-order valence-corrected chi connectivity index (χ1v) is 8.73. The highest BCUT2D eigenvalue weighted by Gasteiger charge is 2.14. The van der Waals surface area contributed by atoms with Crippen LogP contribution in [0.25, 0.3) is 0 Å². The summed E-state index contributed by atoms with van der Waals surface area (Å²) in [7, 11) is 3.31. The van der Waals surface area contributed by atoms with Crippen molar-refractivity contribution in [2.75, 3.05) is 26.0 Å². The number of quaternary nitrogens is 1. The Morgan fingerprint density at radius 3 is 2.48 bits per heavy atom. The third-order valence-corrected chi connectivity index (χ3v) is 4.34. The monoisotopic (exact) mass is 405 g/mol. The molecule has 0 aromatic heterocycles. The molecule has 0 radical (unpaired) electrons. The minimum atomic E-state index is -0.423. The predicted octanol–water partition coefficient (Wildman–Crippen LogP) is 2.20. The summed E-state index contributed by atoms with van der Waals surface area (Å²) < 4.78 is 5.75. The second-order valence-corrected chi connectivity index (χ2v) is 6.92. The number of rotatable bonds is 6. The maximum absolute atomic E-state index is 12.3. The molecule has 0 spiro atoms. The van der Waals surface area contributed by atoms with Crippen molar-refractivity contribution >= 4 is 33.5 Å². The van der Waals surface area contributed by atoms with Gasteiger partial charge in [-0.25, -0.2) is 4.79 Å². The van der Waals surface area contributed by atoms with E-state index in [1.807, 2.05) is 38.2 Å². The summed E-state index contributed by atoms with van der Waals surface area (Å²) in [5.41, 5.74) is 3.10. The number of methoxy groups -OCH3 is 1. The summed E-state index contributed by atoms with van der Waals surface area (Å²) >= 11 is 3.41. The van der Waals surface area contributed by atoms with E-state index in [1.165, 1.54) is 7.11 Å². The highest BCUT2D eigenvalue weighted by molar-refractivity contribution is 9.10. The first-order chi connectivity index (χ1) is 11.9. The van der Waals surface area contributed by atoms with Crippen LogP contribution in [0.3, 0.4) is 0 Å². The number of halogens is 1. The topological polar surface area (TPSA) is 59.8 Å². The number of nitrogens with one attached hydrogen (secondary N) is 2. The normalized spacial score (nSPS) is 11.7. The van der Waals surface area contributed by atoms with Crippen molar-refractivity contribution in [1.82, 2.24) is 0 Å². The molecule has 2 N–H and O–H groups in total. The van der Waals surface area contributed by atoms with E-state index in [0.717, 1.165) is 27.0 Å².